The molecule has 1 aromatic heterocycles. The summed E-state index contributed by atoms with van der Waals surface area (Å²) in [5.41, 5.74) is 9.57. The van der Waals surface area contributed by atoms with Crippen LogP contribution in [-0.2, 0) is 0 Å². The molecular formula is C18H18ClN5. The van der Waals surface area contributed by atoms with E-state index in [2.05, 4.69) is 15.3 Å². The fraction of sp³-hybridized carbons (Fsp3) is 0.111. The van der Waals surface area contributed by atoms with Crippen LogP contribution in [0.3, 0.4) is 0 Å². The monoisotopic (exact) mass is 339 g/mol. The lowest BCUT2D eigenvalue weighted by Crippen LogP contribution is -2.15. The van der Waals surface area contributed by atoms with Gasteiger partial charge in [0.2, 0.25) is 0 Å². The van der Waals surface area contributed by atoms with Gasteiger partial charge in [0.05, 0.1) is 0 Å². The third-order valence-corrected chi connectivity index (χ3v) is 4.25. The zero-order valence-electron chi connectivity index (χ0n) is 13.5. The fourth-order valence-corrected chi connectivity index (χ4v) is 2.57. The minimum absolute atomic E-state index is 0.475. The number of hydrogen-bond donors (Lipinski definition) is 2. The fourth-order valence-electron chi connectivity index (χ4n) is 2.40. The maximum Gasteiger partial charge on any atom is 0.161 e. The zero-order valence-corrected chi connectivity index (χ0v) is 14.2. The van der Waals surface area contributed by atoms with Gasteiger partial charge in [-0.3, -0.25) is 0 Å². The molecule has 0 saturated heterocycles. The number of para-hydroxylation sites is 1. The van der Waals surface area contributed by atoms with Gasteiger partial charge in [-0.1, -0.05) is 35.9 Å². The second-order valence-electron chi connectivity index (χ2n) is 5.39. The van der Waals surface area contributed by atoms with Crippen molar-refractivity contribution in [1.82, 2.24) is 9.97 Å². The van der Waals surface area contributed by atoms with Crippen LogP contribution in [-0.4, -0.2) is 17.0 Å². The van der Waals surface area contributed by atoms with Crippen molar-refractivity contribution in [2.24, 2.45) is 0 Å². The van der Waals surface area contributed by atoms with Crippen molar-refractivity contribution < 1.29 is 0 Å². The normalized spacial score (nSPS) is 10.5. The number of nitrogen functional groups attached to an aromatic ring is 1. The molecule has 0 aliphatic heterocycles. The molecule has 0 saturated carbocycles. The first kappa shape index (κ1) is 16.1. The van der Waals surface area contributed by atoms with Gasteiger partial charge in [-0.15, -0.1) is 0 Å². The topological polar surface area (TPSA) is 67.1 Å². The van der Waals surface area contributed by atoms with Crippen LogP contribution in [0, 0.1) is 6.92 Å². The van der Waals surface area contributed by atoms with E-state index in [1.165, 1.54) is 6.33 Å². The van der Waals surface area contributed by atoms with Crippen LogP contribution >= 0.6 is 11.6 Å². The quantitative estimate of drug-likeness (QED) is 0.730. The van der Waals surface area contributed by atoms with Crippen LogP contribution < -0.4 is 16.0 Å². The Hall–Kier alpha value is -2.79. The Labute approximate surface area is 146 Å². The summed E-state index contributed by atoms with van der Waals surface area (Å²) < 4.78 is 0. The van der Waals surface area contributed by atoms with Crippen molar-refractivity contribution in [3.05, 3.63) is 65.4 Å². The summed E-state index contributed by atoms with van der Waals surface area (Å²) in [5.74, 6) is 1.19. The summed E-state index contributed by atoms with van der Waals surface area (Å²) in [6.07, 6.45) is 1.49. The van der Waals surface area contributed by atoms with Crippen molar-refractivity contribution in [3.63, 3.8) is 0 Å². The van der Waals surface area contributed by atoms with E-state index in [4.69, 9.17) is 17.3 Å². The maximum atomic E-state index is 6.30. The Balaban J connectivity index is 1.95. The number of benzene rings is 2. The van der Waals surface area contributed by atoms with Crippen LogP contribution in [0.2, 0.25) is 5.02 Å². The van der Waals surface area contributed by atoms with Gasteiger partial charge in [0.1, 0.15) is 12.0 Å². The highest BCUT2D eigenvalue weighted by atomic mass is 35.5. The van der Waals surface area contributed by atoms with Gasteiger partial charge in [0.25, 0.3) is 0 Å². The highest BCUT2D eigenvalue weighted by Gasteiger charge is 2.14. The van der Waals surface area contributed by atoms with Crippen molar-refractivity contribution >= 4 is 40.3 Å². The van der Waals surface area contributed by atoms with Gasteiger partial charge in [0, 0.05) is 23.4 Å². The second kappa shape index (κ2) is 6.76. The Morgan fingerprint density at radius 1 is 1.04 bits per heavy atom. The summed E-state index contributed by atoms with van der Waals surface area (Å²) in [5, 5.41) is 3.93. The molecular weight excluding hydrogens is 322 g/mol. The van der Waals surface area contributed by atoms with E-state index in [9.17, 15) is 0 Å². The molecule has 0 radical (unpaired) electrons. The number of rotatable bonds is 4. The Bertz CT molecular complexity index is 851. The van der Waals surface area contributed by atoms with Crippen molar-refractivity contribution in [2.75, 3.05) is 23.0 Å². The molecule has 0 atom stereocenters. The van der Waals surface area contributed by atoms with E-state index in [1.807, 2.05) is 67.4 Å². The van der Waals surface area contributed by atoms with Crippen LogP contribution in [0.4, 0.5) is 28.7 Å². The molecule has 3 N–H and O–H groups in total. The summed E-state index contributed by atoms with van der Waals surface area (Å²) >= 11 is 6.17. The average molecular weight is 340 g/mol. The van der Waals surface area contributed by atoms with Crippen LogP contribution in [0.15, 0.2) is 54.9 Å². The third kappa shape index (κ3) is 3.12. The molecule has 0 fully saturated rings. The van der Waals surface area contributed by atoms with Gasteiger partial charge >= 0.3 is 0 Å². The van der Waals surface area contributed by atoms with Gasteiger partial charge in [0.15, 0.2) is 11.6 Å². The Morgan fingerprint density at radius 2 is 1.79 bits per heavy atom. The summed E-state index contributed by atoms with van der Waals surface area (Å²) in [6.45, 7) is 1.94. The largest absolute Gasteiger partial charge is 0.393 e. The lowest BCUT2D eigenvalue weighted by molar-refractivity contribution is 1.09. The average Bonchev–Trinajstić information content (AvgIpc) is 2.61. The molecule has 24 heavy (non-hydrogen) atoms. The van der Waals surface area contributed by atoms with E-state index in [0.717, 1.165) is 16.9 Å². The van der Waals surface area contributed by atoms with E-state index in [1.54, 1.807) is 0 Å². The molecule has 122 valence electrons. The first-order valence-electron chi connectivity index (χ1n) is 7.49. The molecule has 5 nitrogen and oxygen atoms in total. The van der Waals surface area contributed by atoms with Gasteiger partial charge in [-0.05, 0) is 36.8 Å². The first-order valence-corrected chi connectivity index (χ1v) is 7.87. The molecule has 0 bridgehead atoms. The van der Waals surface area contributed by atoms with Crippen LogP contribution in [0.5, 0.6) is 0 Å². The number of aromatic nitrogens is 2. The predicted octanol–water partition coefficient (Wildman–Crippen LogP) is 4.53. The molecule has 0 unspecified atom stereocenters. The molecule has 6 heteroatoms. The lowest BCUT2D eigenvalue weighted by Gasteiger charge is -2.21. The number of anilines is 5. The number of nitrogens with two attached hydrogens (primary N) is 1. The minimum atomic E-state index is 0.475. The van der Waals surface area contributed by atoms with E-state index in [-0.39, 0.29) is 0 Å². The van der Waals surface area contributed by atoms with Crippen LogP contribution in [0.25, 0.3) is 0 Å². The van der Waals surface area contributed by atoms with Gasteiger partial charge in [-0.25, -0.2) is 9.97 Å². The summed E-state index contributed by atoms with van der Waals surface area (Å²) in [4.78, 5) is 10.5. The predicted molar refractivity (Wildman–Crippen MR) is 100 cm³/mol. The maximum absolute atomic E-state index is 6.30. The number of hydrogen-bond acceptors (Lipinski definition) is 5. The Kier molecular flexibility index (Phi) is 4.53. The lowest BCUT2D eigenvalue weighted by atomic mass is 10.2. The van der Waals surface area contributed by atoms with Crippen molar-refractivity contribution in [1.29, 1.82) is 0 Å². The highest BCUT2D eigenvalue weighted by molar-refractivity contribution is 6.31. The van der Waals surface area contributed by atoms with Crippen LogP contribution in [0.1, 0.15) is 5.56 Å². The highest BCUT2D eigenvalue weighted by Crippen LogP contribution is 2.33. The van der Waals surface area contributed by atoms with E-state index >= 15 is 0 Å². The second-order valence-corrected chi connectivity index (χ2v) is 5.80. The zero-order chi connectivity index (χ0) is 17.1. The molecule has 0 spiro atoms. The van der Waals surface area contributed by atoms with Gasteiger partial charge < -0.3 is 16.0 Å². The summed E-state index contributed by atoms with van der Waals surface area (Å²) in [6, 6.07) is 15.6. The standard InChI is InChI=1S/C18H18ClN5/c1-12-14(19)9-6-10-15(12)23-17-16(20)18(22-11-21-17)24(2)13-7-4-3-5-8-13/h3-11H,20H2,1-2H3,(H,21,22,23). The molecule has 2 aromatic carbocycles. The molecule has 0 aliphatic rings. The molecule has 3 aromatic rings. The summed E-state index contributed by atoms with van der Waals surface area (Å²) in [7, 11) is 1.92. The van der Waals surface area contributed by atoms with E-state index in [0.29, 0.717) is 22.3 Å². The number of nitrogens with one attached hydrogen (secondary N) is 1. The van der Waals surface area contributed by atoms with Crippen molar-refractivity contribution in [2.45, 2.75) is 6.92 Å². The molecule has 3 rings (SSSR count). The molecule has 0 amide bonds. The Morgan fingerprint density at radius 3 is 2.54 bits per heavy atom. The molecule has 1 heterocycles. The smallest absolute Gasteiger partial charge is 0.161 e. The molecule has 0 aliphatic carbocycles. The first-order chi connectivity index (χ1) is 11.6. The SMILES string of the molecule is Cc1c(Cl)cccc1Nc1ncnc(N(C)c2ccccc2)c1N. The van der Waals surface area contributed by atoms with E-state index < -0.39 is 0 Å². The minimum Gasteiger partial charge on any atom is -0.393 e. The van der Waals surface area contributed by atoms with Crippen molar-refractivity contribution in [3.8, 4) is 0 Å². The number of halogens is 1. The third-order valence-electron chi connectivity index (χ3n) is 3.84. The number of nitrogens with zero attached hydrogens (tertiary/aromatic N) is 3. The van der Waals surface area contributed by atoms with Gasteiger partial charge in [-0.2, -0.15) is 0 Å².